The predicted octanol–water partition coefficient (Wildman–Crippen LogP) is 6.96. The Balaban J connectivity index is 1.72. The molecule has 0 fully saturated rings. The molecule has 37 heavy (non-hydrogen) atoms. The predicted molar refractivity (Wildman–Crippen MR) is 145 cm³/mol. The van der Waals surface area contributed by atoms with Gasteiger partial charge in [0.1, 0.15) is 23.2 Å². The van der Waals surface area contributed by atoms with Gasteiger partial charge >= 0.3 is 5.97 Å². The maximum atomic E-state index is 13.4. The molecule has 0 saturated heterocycles. The maximum absolute atomic E-state index is 13.4. The van der Waals surface area contributed by atoms with Gasteiger partial charge in [-0.2, -0.15) is 0 Å². The number of carbonyl (C=O) groups is 1. The first-order valence-electron chi connectivity index (χ1n) is 12.2. The first kappa shape index (κ1) is 26.8. The fourth-order valence-electron chi connectivity index (χ4n) is 4.79. The number of aromatic carboxylic acids is 1. The van der Waals surface area contributed by atoms with Crippen LogP contribution < -0.4 is 0 Å². The van der Waals surface area contributed by atoms with E-state index in [1.165, 1.54) is 41.5 Å². The topological polar surface area (TPSA) is 77.8 Å². The molecule has 6 heteroatoms. The van der Waals surface area contributed by atoms with Gasteiger partial charge in [0.05, 0.1) is 0 Å². The molecule has 3 N–H and O–H groups in total. The van der Waals surface area contributed by atoms with Gasteiger partial charge in [-0.3, -0.25) is 0 Å². The van der Waals surface area contributed by atoms with Crippen molar-refractivity contribution in [3.63, 3.8) is 0 Å². The van der Waals surface area contributed by atoms with Gasteiger partial charge in [0, 0.05) is 16.2 Å². The quantitative estimate of drug-likeness (QED) is 0.252. The normalized spacial score (nSPS) is 16.3. The number of benzene rings is 3. The van der Waals surface area contributed by atoms with Crippen molar-refractivity contribution < 1.29 is 24.5 Å². The fourth-order valence-corrected chi connectivity index (χ4v) is 6.06. The zero-order valence-electron chi connectivity index (χ0n) is 21.4. The number of phenols is 1. The highest BCUT2D eigenvalue weighted by Crippen LogP contribution is 2.50. The monoisotopic (exact) mass is 518 g/mol. The van der Waals surface area contributed by atoms with Crippen LogP contribution in [-0.2, 0) is 16.6 Å². The third-order valence-corrected chi connectivity index (χ3v) is 8.22. The number of carboxylic acids is 1. The Morgan fingerprint density at radius 3 is 2.35 bits per heavy atom. The summed E-state index contributed by atoms with van der Waals surface area (Å²) in [6, 6.07) is 14.7. The van der Waals surface area contributed by atoms with Crippen LogP contribution in [0.4, 0.5) is 4.39 Å². The Morgan fingerprint density at radius 1 is 1.03 bits per heavy atom. The molecule has 0 heterocycles. The van der Waals surface area contributed by atoms with Crippen molar-refractivity contribution in [1.82, 2.24) is 0 Å². The Labute approximate surface area is 221 Å². The number of hydrogen-bond acceptors (Lipinski definition) is 4. The lowest BCUT2D eigenvalue weighted by atomic mass is 9.63. The van der Waals surface area contributed by atoms with Gasteiger partial charge < -0.3 is 15.3 Å². The Hall–Kier alpha value is -3.27. The van der Waals surface area contributed by atoms with Crippen molar-refractivity contribution in [2.75, 3.05) is 0 Å². The molecular formula is C31H31FO4S. The van der Waals surface area contributed by atoms with Gasteiger partial charge in [0.25, 0.3) is 0 Å². The Kier molecular flexibility index (Phi) is 7.41. The van der Waals surface area contributed by atoms with Crippen LogP contribution in [-0.4, -0.2) is 21.3 Å². The van der Waals surface area contributed by atoms with E-state index >= 15 is 0 Å². The zero-order valence-corrected chi connectivity index (χ0v) is 22.2. The number of thioether (sulfide) groups is 1. The Bertz CT molecular complexity index is 1400. The molecule has 0 radical (unpaired) electrons. The number of fused-ring (bicyclic) bond motifs is 1. The number of halogens is 1. The van der Waals surface area contributed by atoms with Crippen molar-refractivity contribution in [3.8, 4) is 17.6 Å². The molecule has 1 aliphatic rings. The number of carboxylic acid groups (broad SMARTS) is 1. The second kappa shape index (κ2) is 10.2. The van der Waals surface area contributed by atoms with E-state index in [0.29, 0.717) is 16.9 Å². The van der Waals surface area contributed by atoms with Crippen LogP contribution in [0.3, 0.4) is 0 Å². The average molecular weight is 519 g/mol. The molecule has 4 rings (SSSR count). The number of hydrogen-bond donors (Lipinski definition) is 3. The van der Waals surface area contributed by atoms with E-state index in [0.717, 1.165) is 23.3 Å². The minimum atomic E-state index is -1.22. The van der Waals surface area contributed by atoms with Crippen LogP contribution in [0, 0.1) is 17.7 Å². The number of aliphatic hydroxyl groups excluding tert-OH is 1. The third kappa shape index (κ3) is 5.84. The largest absolute Gasteiger partial charge is 0.507 e. The molecule has 1 atom stereocenters. The van der Waals surface area contributed by atoms with E-state index < -0.39 is 12.1 Å². The summed E-state index contributed by atoms with van der Waals surface area (Å²) in [4.78, 5) is 12.2. The van der Waals surface area contributed by atoms with Crippen LogP contribution in [0.2, 0.25) is 0 Å². The van der Waals surface area contributed by atoms with Crippen molar-refractivity contribution in [2.45, 2.75) is 68.1 Å². The van der Waals surface area contributed by atoms with E-state index in [-0.39, 0.29) is 28.0 Å². The molecular weight excluding hydrogens is 487 g/mol. The lowest BCUT2D eigenvalue weighted by molar-refractivity contribution is 0.0693. The second-order valence-electron chi connectivity index (χ2n) is 10.8. The molecule has 1 unspecified atom stereocenters. The first-order chi connectivity index (χ1) is 17.4. The third-order valence-electron chi connectivity index (χ3n) is 7.11. The minimum Gasteiger partial charge on any atom is -0.507 e. The van der Waals surface area contributed by atoms with E-state index in [2.05, 4.69) is 45.6 Å². The summed E-state index contributed by atoms with van der Waals surface area (Å²) in [7, 11) is 0. The zero-order chi connectivity index (χ0) is 27.0. The highest BCUT2D eigenvalue weighted by atomic mass is 32.2. The fraction of sp³-hybridized carbons (Fsp3) is 0.323. The van der Waals surface area contributed by atoms with Gasteiger partial charge in [-0.05, 0) is 82.3 Å². The van der Waals surface area contributed by atoms with E-state index in [1.807, 2.05) is 6.07 Å². The molecule has 0 spiro atoms. The number of rotatable bonds is 5. The summed E-state index contributed by atoms with van der Waals surface area (Å²) < 4.78 is 13.4. The summed E-state index contributed by atoms with van der Waals surface area (Å²) >= 11 is 1.68. The molecule has 0 aromatic heterocycles. The van der Waals surface area contributed by atoms with Crippen LogP contribution in [0.1, 0.15) is 84.8 Å². The van der Waals surface area contributed by atoms with Gasteiger partial charge in [-0.1, -0.05) is 57.7 Å². The van der Waals surface area contributed by atoms with Gasteiger partial charge in [0.15, 0.2) is 0 Å². The number of aliphatic hydroxyl groups is 1. The van der Waals surface area contributed by atoms with Crippen molar-refractivity contribution >= 4 is 17.7 Å². The highest BCUT2D eigenvalue weighted by molar-refractivity contribution is 7.98. The smallest absolute Gasteiger partial charge is 0.339 e. The molecule has 0 aliphatic heterocycles. The Morgan fingerprint density at radius 2 is 1.70 bits per heavy atom. The standard InChI is InChI=1S/C31H31FO4S/c1-30(2)13-14-31(3,4)28-24(30)16-21(17-27(28)37-18-20-5-9-22(32)10-6-20)25(33)12-8-19-7-11-23(29(35)36)26(34)15-19/h5-7,9-11,15-17,25,33-34H,13-14,18H2,1-4H3,(H,35,36). The first-order valence-corrected chi connectivity index (χ1v) is 13.2. The maximum Gasteiger partial charge on any atom is 0.339 e. The minimum absolute atomic E-state index is 0.0332. The summed E-state index contributed by atoms with van der Waals surface area (Å²) in [5, 5.41) is 30.1. The second-order valence-corrected chi connectivity index (χ2v) is 11.9. The van der Waals surface area contributed by atoms with Crippen molar-refractivity contribution in [3.05, 3.63) is 93.8 Å². The summed E-state index contributed by atoms with van der Waals surface area (Å²) in [6.45, 7) is 8.96. The van der Waals surface area contributed by atoms with E-state index in [1.54, 1.807) is 23.9 Å². The molecule has 0 bridgehead atoms. The summed E-state index contributed by atoms with van der Waals surface area (Å²) in [5.74, 6) is 4.52. The summed E-state index contributed by atoms with van der Waals surface area (Å²) in [6.07, 6.45) is 1.00. The molecule has 0 saturated carbocycles. The molecule has 192 valence electrons. The van der Waals surface area contributed by atoms with Crippen LogP contribution >= 0.6 is 11.8 Å². The van der Waals surface area contributed by atoms with Crippen LogP contribution in [0.5, 0.6) is 5.75 Å². The van der Waals surface area contributed by atoms with Gasteiger partial charge in [0.2, 0.25) is 0 Å². The molecule has 1 aliphatic carbocycles. The average Bonchev–Trinajstić information content (AvgIpc) is 2.84. The SMILES string of the molecule is CC1(C)CCC(C)(C)c2c(SCc3ccc(F)cc3)cc(C(O)C#Cc3ccc(C(=O)O)c(O)c3)cc21. The molecule has 4 nitrogen and oxygen atoms in total. The van der Waals surface area contributed by atoms with Crippen molar-refractivity contribution in [1.29, 1.82) is 0 Å². The van der Waals surface area contributed by atoms with E-state index in [9.17, 15) is 19.4 Å². The van der Waals surface area contributed by atoms with E-state index in [4.69, 9.17) is 5.11 Å². The van der Waals surface area contributed by atoms with Crippen molar-refractivity contribution in [2.24, 2.45) is 0 Å². The number of aromatic hydroxyl groups is 1. The lowest BCUT2D eigenvalue weighted by Gasteiger charge is -2.43. The molecule has 3 aromatic carbocycles. The molecule has 0 amide bonds. The van der Waals surface area contributed by atoms with Gasteiger partial charge in [-0.25, -0.2) is 9.18 Å². The van der Waals surface area contributed by atoms with Crippen LogP contribution in [0.25, 0.3) is 0 Å². The van der Waals surface area contributed by atoms with Crippen LogP contribution in [0.15, 0.2) is 59.5 Å². The highest BCUT2D eigenvalue weighted by Gasteiger charge is 2.39. The summed E-state index contributed by atoms with van der Waals surface area (Å²) in [5.41, 5.74) is 4.29. The lowest BCUT2D eigenvalue weighted by Crippen LogP contribution is -2.34. The van der Waals surface area contributed by atoms with Gasteiger partial charge in [-0.15, -0.1) is 11.8 Å². The molecule has 3 aromatic rings.